The first-order valence-corrected chi connectivity index (χ1v) is 7.83. The van der Waals surface area contributed by atoms with Crippen LogP contribution in [0.3, 0.4) is 0 Å². The van der Waals surface area contributed by atoms with Crippen molar-refractivity contribution < 1.29 is 4.74 Å². The molecular weight excluding hydrogens is 260 g/mol. The van der Waals surface area contributed by atoms with Crippen LogP contribution in [0.1, 0.15) is 24.9 Å². The van der Waals surface area contributed by atoms with Gasteiger partial charge in [-0.25, -0.2) is 0 Å². The normalized spacial score (nSPS) is 22.1. The molecule has 0 aliphatic carbocycles. The van der Waals surface area contributed by atoms with Gasteiger partial charge in [-0.15, -0.1) is 0 Å². The molecule has 3 rings (SSSR count). The number of nitrogens with two attached hydrogens (primary N) is 1. The predicted molar refractivity (Wildman–Crippen MR) is 87.3 cm³/mol. The Kier molecular flexibility index (Phi) is 4.54. The van der Waals surface area contributed by atoms with Gasteiger partial charge < -0.3 is 10.5 Å². The fourth-order valence-corrected chi connectivity index (χ4v) is 3.32. The third-order valence-corrected chi connectivity index (χ3v) is 4.33. The van der Waals surface area contributed by atoms with Crippen LogP contribution in [0.4, 0.5) is 0 Å². The lowest BCUT2D eigenvalue weighted by atomic mass is 9.97. The van der Waals surface area contributed by atoms with Crippen molar-refractivity contribution in [2.45, 2.75) is 25.5 Å². The fourth-order valence-electron chi connectivity index (χ4n) is 3.32. The summed E-state index contributed by atoms with van der Waals surface area (Å²) in [6.45, 7) is 5.64. The largest absolute Gasteiger partial charge is 0.377 e. The monoisotopic (exact) mass is 284 g/mol. The van der Waals surface area contributed by atoms with Crippen LogP contribution < -0.4 is 5.73 Å². The summed E-state index contributed by atoms with van der Waals surface area (Å²) in [7, 11) is 0. The second kappa shape index (κ2) is 6.56. The van der Waals surface area contributed by atoms with E-state index in [4.69, 9.17) is 10.5 Å². The molecule has 0 aromatic heterocycles. The Morgan fingerprint density at radius 3 is 2.90 bits per heavy atom. The van der Waals surface area contributed by atoms with Crippen molar-refractivity contribution in [2.75, 3.05) is 26.2 Å². The van der Waals surface area contributed by atoms with Gasteiger partial charge in [-0.05, 0) is 29.7 Å². The van der Waals surface area contributed by atoms with E-state index in [-0.39, 0.29) is 12.1 Å². The van der Waals surface area contributed by atoms with Gasteiger partial charge in [0, 0.05) is 32.3 Å². The molecular formula is C18H24N2O. The Hall–Kier alpha value is -1.42. The molecule has 0 amide bonds. The molecule has 0 spiro atoms. The van der Waals surface area contributed by atoms with Crippen LogP contribution >= 0.6 is 0 Å². The average molecular weight is 284 g/mol. The topological polar surface area (TPSA) is 38.5 Å². The van der Waals surface area contributed by atoms with E-state index >= 15 is 0 Å². The fraction of sp³-hybridized carbons (Fsp3) is 0.444. The third-order valence-electron chi connectivity index (χ3n) is 4.33. The Morgan fingerprint density at radius 2 is 2.05 bits per heavy atom. The highest BCUT2D eigenvalue weighted by molar-refractivity contribution is 5.86. The molecule has 1 saturated heterocycles. The van der Waals surface area contributed by atoms with E-state index in [1.807, 2.05) is 0 Å². The van der Waals surface area contributed by atoms with Crippen LogP contribution in [0.5, 0.6) is 0 Å². The summed E-state index contributed by atoms with van der Waals surface area (Å²) in [6.07, 6.45) is 1.35. The summed E-state index contributed by atoms with van der Waals surface area (Å²) in [4.78, 5) is 2.49. The molecule has 2 N–H and O–H groups in total. The van der Waals surface area contributed by atoms with Crippen molar-refractivity contribution in [3.8, 4) is 0 Å². The lowest BCUT2D eigenvalue weighted by Crippen LogP contribution is -2.37. The van der Waals surface area contributed by atoms with Crippen LogP contribution in [0, 0.1) is 0 Å². The average Bonchev–Trinajstić information content (AvgIpc) is 2.73. The first-order chi connectivity index (χ1) is 10.3. The minimum absolute atomic E-state index is 0.264. The maximum Gasteiger partial charge on any atom is 0.0674 e. The Bertz CT molecular complexity index is 593. The van der Waals surface area contributed by atoms with Gasteiger partial charge in [0.25, 0.3) is 0 Å². The molecule has 3 heteroatoms. The first-order valence-electron chi connectivity index (χ1n) is 7.83. The number of hydrogen-bond acceptors (Lipinski definition) is 3. The number of ether oxygens (including phenoxy) is 1. The van der Waals surface area contributed by atoms with E-state index in [1.54, 1.807) is 0 Å². The summed E-state index contributed by atoms with van der Waals surface area (Å²) in [5, 5.41) is 2.60. The number of fused-ring (bicyclic) bond motifs is 1. The zero-order valence-corrected chi connectivity index (χ0v) is 12.7. The quantitative estimate of drug-likeness (QED) is 0.942. The highest BCUT2D eigenvalue weighted by Crippen LogP contribution is 2.28. The maximum absolute atomic E-state index is 6.14. The van der Waals surface area contributed by atoms with E-state index < -0.39 is 0 Å². The molecule has 1 heterocycles. The maximum atomic E-state index is 6.14. The van der Waals surface area contributed by atoms with Crippen molar-refractivity contribution in [3.63, 3.8) is 0 Å². The summed E-state index contributed by atoms with van der Waals surface area (Å²) in [5.41, 5.74) is 7.48. The van der Waals surface area contributed by atoms with Crippen molar-refractivity contribution in [2.24, 2.45) is 5.73 Å². The number of rotatable bonds is 3. The summed E-state index contributed by atoms with van der Waals surface area (Å²) < 4.78 is 5.77. The van der Waals surface area contributed by atoms with Gasteiger partial charge in [0.1, 0.15) is 0 Å². The van der Waals surface area contributed by atoms with Gasteiger partial charge in [0.05, 0.1) is 6.10 Å². The highest BCUT2D eigenvalue weighted by atomic mass is 16.5. The summed E-state index contributed by atoms with van der Waals surface area (Å²) >= 11 is 0. The molecule has 0 bridgehead atoms. The number of hydrogen-bond donors (Lipinski definition) is 1. The second-order valence-corrected chi connectivity index (χ2v) is 5.85. The van der Waals surface area contributed by atoms with Crippen LogP contribution in [-0.4, -0.2) is 37.2 Å². The van der Waals surface area contributed by atoms with Gasteiger partial charge in [0.15, 0.2) is 0 Å². The Labute approximate surface area is 126 Å². The predicted octanol–water partition coefficient (Wildman–Crippen LogP) is 2.95. The molecule has 1 fully saturated rings. The van der Waals surface area contributed by atoms with Crippen LogP contribution in [0.15, 0.2) is 42.5 Å². The summed E-state index contributed by atoms with van der Waals surface area (Å²) in [5.74, 6) is 0. The van der Waals surface area contributed by atoms with E-state index in [0.29, 0.717) is 6.54 Å². The Morgan fingerprint density at radius 1 is 1.24 bits per heavy atom. The zero-order valence-electron chi connectivity index (χ0n) is 12.7. The van der Waals surface area contributed by atoms with E-state index in [2.05, 4.69) is 54.3 Å². The molecule has 2 atom stereocenters. The lowest BCUT2D eigenvalue weighted by molar-refractivity contribution is 0.0613. The molecule has 1 aliphatic heterocycles. The highest BCUT2D eigenvalue weighted by Gasteiger charge is 2.24. The molecule has 0 saturated carbocycles. The van der Waals surface area contributed by atoms with Crippen molar-refractivity contribution >= 4 is 10.8 Å². The van der Waals surface area contributed by atoms with Gasteiger partial charge in [-0.2, -0.15) is 0 Å². The van der Waals surface area contributed by atoms with Gasteiger partial charge >= 0.3 is 0 Å². The first kappa shape index (κ1) is 14.5. The molecule has 0 radical (unpaired) electrons. The molecule has 2 aromatic carbocycles. The minimum atomic E-state index is 0.264. The second-order valence-electron chi connectivity index (χ2n) is 5.85. The van der Waals surface area contributed by atoms with E-state index in [0.717, 1.165) is 26.1 Å². The summed E-state index contributed by atoms with van der Waals surface area (Å²) in [6, 6.07) is 15.3. The lowest BCUT2D eigenvalue weighted by Gasteiger charge is -2.31. The van der Waals surface area contributed by atoms with Crippen LogP contribution in [0.2, 0.25) is 0 Å². The SMILES string of the molecule is CC1CN(C(CN)c2cccc3ccccc23)CCCO1. The third kappa shape index (κ3) is 3.10. The van der Waals surface area contributed by atoms with Crippen molar-refractivity contribution in [1.29, 1.82) is 0 Å². The molecule has 2 aromatic rings. The molecule has 2 unspecified atom stereocenters. The number of nitrogens with zero attached hydrogens (tertiary/aromatic N) is 1. The minimum Gasteiger partial charge on any atom is -0.377 e. The van der Waals surface area contributed by atoms with E-state index in [1.165, 1.54) is 16.3 Å². The van der Waals surface area contributed by atoms with Gasteiger partial charge in [0.2, 0.25) is 0 Å². The van der Waals surface area contributed by atoms with Crippen LogP contribution in [0.25, 0.3) is 10.8 Å². The van der Waals surface area contributed by atoms with Gasteiger partial charge in [-0.3, -0.25) is 4.90 Å². The van der Waals surface area contributed by atoms with E-state index in [9.17, 15) is 0 Å². The molecule has 21 heavy (non-hydrogen) atoms. The smallest absolute Gasteiger partial charge is 0.0674 e. The van der Waals surface area contributed by atoms with Crippen LogP contribution in [-0.2, 0) is 4.74 Å². The standard InChI is InChI=1S/C18H24N2O/c1-14-13-20(10-5-11-21-14)18(12-19)17-9-4-7-15-6-2-3-8-16(15)17/h2-4,6-9,14,18H,5,10-13,19H2,1H3. The van der Waals surface area contributed by atoms with Gasteiger partial charge in [-0.1, -0.05) is 42.5 Å². The molecule has 112 valence electrons. The zero-order chi connectivity index (χ0) is 14.7. The van der Waals surface area contributed by atoms with Crippen molar-refractivity contribution in [3.05, 3.63) is 48.0 Å². The molecule has 1 aliphatic rings. The molecule has 3 nitrogen and oxygen atoms in total. The van der Waals surface area contributed by atoms with Crippen molar-refractivity contribution in [1.82, 2.24) is 4.90 Å². The Balaban J connectivity index is 1.97. The number of benzene rings is 2.